The number of benzene rings is 8. The van der Waals surface area contributed by atoms with E-state index in [0.717, 1.165) is 17.1 Å². The van der Waals surface area contributed by atoms with E-state index in [0.29, 0.717) is 0 Å². The number of nitrogens with zero attached hydrogens (tertiary/aromatic N) is 2. The molecule has 2 heteroatoms. The summed E-state index contributed by atoms with van der Waals surface area (Å²) in [5.41, 5.74) is 11.7. The standard InChI is InChI=1S/C46H32N2/c1-3-14-33(15-4-1)36-17-13-20-39(32-36)47(37-18-5-2-6-19-37)38-29-26-35(27-30-38)46-40-21-8-7-16-34(40)28-31-45(46)48-43-24-11-9-22-41(43)42-23-10-12-25-44(42)48/h1-32H. The molecule has 0 saturated carbocycles. The van der Waals surface area contributed by atoms with E-state index >= 15 is 0 Å². The van der Waals surface area contributed by atoms with Crippen LogP contribution < -0.4 is 4.90 Å². The zero-order valence-electron chi connectivity index (χ0n) is 26.4. The Bertz CT molecular complexity index is 2490. The number of hydrogen-bond donors (Lipinski definition) is 0. The van der Waals surface area contributed by atoms with E-state index in [2.05, 4.69) is 204 Å². The molecule has 9 rings (SSSR count). The highest BCUT2D eigenvalue weighted by Crippen LogP contribution is 2.42. The number of aromatic nitrogens is 1. The predicted octanol–water partition coefficient (Wildman–Crippen LogP) is 12.7. The largest absolute Gasteiger partial charge is 0.310 e. The van der Waals surface area contributed by atoms with Crippen molar-refractivity contribution in [2.75, 3.05) is 4.90 Å². The van der Waals surface area contributed by atoms with Crippen LogP contribution in [-0.2, 0) is 0 Å². The molecule has 0 amide bonds. The van der Waals surface area contributed by atoms with Crippen molar-refractivity contribution in [1.29, 1.82) is 0 Å². The van der Waals surface area contributed by atoms with Crippen LogP contribution in [-0.4, -0.2) is 4.57 Å². The van der Waals surface area contributed by atoms with Crippen LogP contribution in [0.3, 0.4) is 0 Å². The second-order valence-electron chi connectivity index (χ2n) is 12.2. The van der Waals surface area contributed by atoms with Crippen molar-refractivity contribution in [3.05, 3.63) is 194 Å². The van der Waals surface area contributed by atoms with Crippen LogP contribution in [0.15, 0.2) is 194 Å². The van der Waals surface area contributed by atoms with Crippen LogP contribution in [0.25, 0.3) is 60.5 Å². The number of fused-ring (bicyclic) bond motifs is 4. The maximum Gasteiger partial charge on any atom is 0.0547 e. The fourth-order valence-electron chi connectivity index (χ4n) is 7.19. The van der Waals surface area contributed by atoms with Crippen molar-refractivity contribution in [2.24, 2.45) is 0 Å². The van der Waals surface area contributed by atoms with Crippen molar-refractivity contribution in [3.63, 3.8) is 0 Å². The molecule has 0 aliphatic carbocycles. The summed E-state index contributed by atoms with van der Waals surface area (Å²) in [5.74, 6) is 0. The summed E-state index contributed by atoms with van der Waals surface area (Å²) in [4.78, 5) is 2.34. The van der Waals surface area contributed by atoms with E-state index in [1.54, 1.807) is 0 Å². The van der Waals surface area contributed by atoms with Gasteiger partial charge in [-0.15, -0.1) is 0 Å². The average Bonchev–Trinajstić information content (AvgIpc) is 3.50. The van der Waals surface area contributed by atoms with E-state index in [4.69, 9.17) is 0 Å². The lowest BCUT2D eigenvalue weighted by Crippen LogP contribution is -2.09. The van der Waals surface area contributed by atoms with Gasteiger partial charge in [-0.3, -0.25) is 0 Å². The molecule has 0 spiro atoms. The van der Waals surface area contributed by atoms with Crippen LogP contribution in [0, 0.1) is 0 Å². The number of hydrogen-bond acceptors (Lipinski definition) is 1. The minimum Gasteiger partial charge on any atom is -0.310 e. The maximum absolute atomic E-state index is 2.44. The first-order valence-corrected chi connectivity index (χ1v) is 16.4. The third-order valence-electron chi connectivity index (χ3n) is 9.37. The third-order valence-corrected chi connectivity index (χ3v) is 9.37. The van der Waals surface area contributed by atoms with Crippen LogP contribution in [0.4, 0.5) is 17.1 Å². The highest BCUT2D eigenvalue weighted by molar-refractivity contribution is 6.11. The molecule has 9 aromatic rings. The van der Waals surface area contributed by atoms with E-state index in [1.165, 1.54) is 60.5 Å². The molecule has 0 aliphatic rings. The first kappa shape index (κ1) is 27.9. The second-order valence-corrected chi connectivity index (χ2v) is 12.2. The van der Waals surface area contributed by atoms with E-state index < -0.39 is 0 Å². The van der Waals surface area contributed by atoms with Gasteiger partial charge in [0, 0.05) is 33.4 Å². The van der Waals surface area contributed by atoms with Gasteiger partial charge in [-0.25, -0.2) is 0 Å². The van der Waals surface area contributed by atoms with Crippen LogP contribution in [0.1, 0.15) is 0 Å². The molecule has 0 saturated heterocycles. The Balaban J connectivity index is 1.23. The summed E-state index contributed by atoms with van der Waals surface area (Å²) in [7, 11) is 0. The Morgan fingerprint density at radius 1 is 0.333 bits per heavy atom. The van der Waals surface area contributed by atoms with Crippen molar-refractivity contribution in [2.45, 2.75) is 0 Å². The maximum atomic E-state index is 2.44. The number of anilines is 3. The van der Waals surface area contributed by atoms with Gasteiger partial charge in [-0.05, 0) is 82.1 Å². The monoisotopic (exact) mass is 612 g/mol. The second kappa shape index (κ2) is 11.8. The van der Waals surface area contributed by atoms with E-state index in [1.807, 2.05) is 0 Å². The Morgan fingerprint density at radius 3 is 1.58 bits per heavy atom. The van der Waals surface area contributed by atoms with Crippen LogP contribution in [0.2, 0.25) is 0 Å². The molecule has 0 aliphatic heterocycles. The highest BCUT2D eigenvalue weighted by atomic mass is 15.1. The first-order valence-electron chi connectivity index (χ1n) is 16.4. The van der Waals surface area contributed by atoms with Crippen molar-refractivity contribution in [3.8, 4) is 27.9 Å². The highest BCUT2D eigenvalue weighted by Gasteiger charge is 2.19. The van der Waals surface area contributed by atoms with Gasteiger partial charge in [0.2, 0.25) is 0 Å². The van der Waals surface area contributed by atoms with Gasteiger partial charge in [-0.2, -0.15) is 0 Å². The fourth-order valence-corrected chi connectivity index (χ4v) is 7.19. The van der Waals surface area contributed by atoms with Gasteiger partial charge in [-0.1, -0.05) is 140 Å². The van der Waals surface area contributed by atoms with Gasteiger partial charge >= 0.3 is 0 Å². The van der Waals surface area contributed by atoms with Crippen molar-refractivity contribution < 1.29 is 0 Å². The number of rotatable bonds is 6. The summed E-state index contributed by atoms with van der Waals surface area (Å²) in [6, 6.07) is 69.8. The lowest BCUT2D eigenvalue weighted by molar-refractivity contribution is 1.19. The summed E-state index contributed by atoms with van der Waals surface area (Å²) in [6.07, 6.45) is 0. The Kier molecular flexibility index (Phi) is 6.84. The molecule has 48 heavy (non-hydrogen) atoms. The lowest BCUT2D eigenvalue weighted by atomic mass is 9.95. The Labute approximate surface area is 280 Å². The average molecular weight is 613 g/mol. The quantitative estimate of drug-likeness (QED) is 0.181. The van der Waals surface area contributed by atoms with Gasteiger partial charge in [0.25, 0.3) is 0 Å². The molecule has 0 atom stereocenters. The minimum atomic E-state index is 1.11. The minimum absolute atomic E-state index is 1.11. The summed E-state index contributed by atoms with van der Waals surface area (Å²) >= 11 is 0. The molecule has 0 fully saturated rings. The lowest BCUT2D eigenvalue weighted by Gasteiger charge is -2.26. The smallest absolute Gasteiger partial charge is 0.0547 e. The Morgan fingerprint density at radius 2 is 0.875 bits per heavy atom. The van der Waals surface area contributed by atoms with Gasteiger partial charge in [0.15, 0.2) is 0 Å². The topological polar surface area (TPSA) is 8.17 Å². The third kappa shape index (κ3) is 4.74. The van der Waals surface area contributed by atoms with Gasteiger partial charge in [0.05, 0.1) is 16.7 Å². The SMILES string of the molecule is c1ccc(-c2cccc(N(c3ccccc3)c3ccc(-c4c(-n5c6ccccc6c6ccccc65)ccc5ccccc45)cc3)c2)cc1. The normalized spacial score (nSPS) is 11.3. The van der Waals surface area contributed by atoms with Crippen LogP contribution in [0.5, 0.6) is 0 Å². The molecule has 8 aromatic carbocycles. The molecule has 2 nitrogen and oxygen atoms in total. The molecular formula is C46H32N2. The van der Waals surface area contributed by atoms with Crippen molar-refractivity contribution in [1.82, 2.24) is 4.57 Å². The van der Waals surface area contributed by atoms with E-state index in [9.17, 15) is 0 Å². The van der Waals surface area contributed by atoms with Crippen molar-refractivity contribution >= 4 is 49.6 Å². The fraction of sp³-hybridized carbons (Fsp3) is 0. The number of para-hydroxylation sites is 3. The first-order chi connectivity index (χ1) is 23.8. The predicted molar refractivity (Wildman–Crippen MR) is 204 cm³/mol. The summed E-state index contributed by atoms with van der Waals surface area (Å²) in [6.45, 7) is 0. The molecule has 0 radical (unpaired) electrons. The zero-order chi connectivity index (χ0) is 31.9. The molecule has 0 N–H and O–H groups in total. The van der Waals surface area contributed by atoms with E-state index in [-0.39, 0.29) is 0 Å². The summed E-state index contributed by atoms with van der Waals surface area (Å²) in [5, 5.41) is 4.99. The summed E-state index contributed by atoms with van der Waals surface area (Å²) < 4.78 is 2.44. The molecule has 1 aromatic heterocycles. The van der Waals surface area contributed by atoms with Gasteiger partial charge in [0.1, 0.15) is 0 Å². The molecule has 0 bridgehead atoms. The molecule has 226 valence electrons. The Hall–Kier alpha value is -6.38. The molecular weight excluding hydrogens is 581 g/mol. The molecule has 1 heterocycles. The molecule has 0 unspecified atom stereocenters. The van der Waals surface area contributed by atoms with Gasteiger partial charge < -0.3 is 9.47 Å². The van der Waals surface area contributed by atoms with Crippen LogP contribution >= 0.6 is 0 Å². The zero-order valence-corrected chi connectivity index (χ0v) is 26.4.